The second-order valence-electron chi connectivity index (χ2n) is 7.87. The molecule has 0 aromatic heterocycles. The lowest BCUT2D eigenvalue weighted by atomic mass is 10.0. The number of fused-ring (bicyclic) bond motifs is 1. The summed E-state index contributed by atoms with van der Waals surface area (Å²) in [6.07, 6.45) is 0. The van der Waals surface area contributed by atoms with Crippen LogP contribution in [0.1, 0.15) is 11.1 Å². The van der Waals surface area contributed by atoms with Crippen molar-refractivity contribution in [2.45, 2.75) is 13.1 Å². The summed E-state index contributed by atoms with van der Waals surface area (Å²) in [7, 11) is 1.68. The van der Waals surface area contributed by atoms with Crippen molar-refractivity contribution in [3.8, 4) is 5.75 Å². The third kappa shape index (κ3) is 5.18. The zero-order valence-electron chi connectivity index (χ0n) is 18.3. The quantitative estimate of drug-likeness (QED) is 0.427. The van der Waals surface area contributed by atoms with Gasteiger partial charge in [-0.25, -0.2) is 4.79 Å². The van der Waals surface area contributed by atoms with Gasteiger partial charge in [-0.1, -0.05) is 60.7 Å². The monoisotopic (exact) mass is 431 g/mol. The molecule has 2 amide bonds. The van der Waals surface area contributed by atoms with Crippen molar-refractivity contribution in [2.75, 3.05) is 33.3 Å². The standard InChI is InChI=1S/C25H29N5O2/c1-32-23-12-5-3-8-21(23)18-29-13-15-30(16-14-29)25(31)28-24(26)27-17-20-10-6-9-19-7-2-4-11-22(19)20/h2-12H,13-18H2,1H3,(H3,26,27,28,31). The Kier molecular flexibility index (Phi) is 6.87. The van der Waals surface area contributed by atoms with E-state index in [-0.39, 0.29) is 12.0 Å². The van der Waals surface area contributed by atoms with E-state index in [4.69, 9.17) is 10.1 Å². The Morgan fingerprint density at radius 1 is 0.938 bits per heavy atom. The molecule has 4 rings (SSSR count). The number of carbonyl (C=O) groups is 1. The molecule has 0 unspecified atom stereocenters. The van der Waals surface area contributed by atoms with Crippen LogP contribution < -0.4 is 15.4 Å². The second kappa shape index (κ2) is 10.2. The van der Waals surface area contributed by atoms with Crippen molar-refractivity contribution in [1.82, 2.24) is 20.4 Å². The molecule has 1 saturated heterocycles. The van der Waals surface area contributed by atoms with Crippen LogP contribution in [0.25, 0.3) is 10.8 Å². The van der Waals surface area contributed by atoms with Crippen LogP contribution in [0.4, 0.5) is 4.79 Å². The molecule has 0 atom stereocenters. The van der Waals surface area contributed by atoms with Crippen molar-refractivity contribution in [1.29, 1.82) is 5.41 Å². The van der Waals surface area contributed by atoms with Gasteiger partial charge in [-0.15, -0.1) is 0 Å². The molecule has 7 heteroatoms. The molecule has 1 fully saturated rings. The highest BCUT2D eigenvalue weighted by Crippen LogP contribution is 2.20. The maximum atomic E-state index is 12.6. The van der Waals surface area contributed by atoms with Crippen LogP contribution in [0.15, 0.2) is 66.7 Å². The Balaban J connectivity index is 1.24. The predicted molar refractivity (Wildman–Crippen MR) is 127 cm³/mol. The number of amides is 2. The van der Waals surface area contributed by atoms with Crippen molar-refractivity contribution in [3.63, 3.8) is 0 Å². The van der Waals surface area contributed by atoms with Crippen molar-refractivity contribution in [2.24, 2.45) is 0 Å². The van der Waals surface area contributed by atoms with Gasteiger partial charge in [0.05, 0.1) is 7.11 Å². The normalized spacial score (nSPS) is 14.2. The highest BCUT2D eigenvalue weighted by Gasteiger charge is 2.22. The molecule has 3 aromatic carbocycles. The van der Waals surface area contributed by atoms with Crippen LogP contribution in [0.5, 0.6) is 5.75 Å². The minimum absolute atomic E-state index is 0.0133. The first-order valence-corrected chi connectivity index (χ1v) is 10.8. The van der Waals surface area contributed by atoms with Gasteiger partial charge in [-0.3, -0.25) is 15.6 Å². The first-order valence-electron chi connectivity index (χ1n) is 10.8. The van der Waals surface area contributed by atoms with Gasteiger partial charge in [-0.2, -0.15) is 0 Å². The molecule has 3 N–H and O–H groups in total. The summed E-state index contributed by atoms with van der Waals surface area (Å²) in [5.41, 5.74) is 2.24. The van der Waals surface area contributed by atoms with Gasteiger partial charge in [0.1, 0.15) is 5.75 Å². The van der Waals surface area contributed by atoms with Gasteiger partial charge in [0, 0.05) is 44.8 Å². The van der Waals surface area contributed by atoms with Crippen LogP contribution in [-0.2, 0) is 13.1 Å². The number of urea groups is 1. The molecule has 1 aliphatic rings. The molecular weight excluding hydrogens is 402 g/mol. The van der Waals surface area contributed by atoms with E-state index in [1.165, 1.54) is 0 Å². The number of guanidine groups is 1. The molecular formula is C25H29N5O2. The topological polar surface area (TPSA) is 80.7 Å². The van der Waals surface area contributed by atoms with Gasteiger partial charge in [0.15, 0.2) is 5.96 Å². The second-order valence-corrected chi connectivity index (χ2v) is 7.87. The first-order chi connectivity index (χ1) is 15.6. The van der Waals surface area contributed by atoms with E-state index in [2.05, 4.69) is 39.8 Å². The van der Waals surface area contributed by atoms with Gasteiger partial charge in [-0.05, 0) is 22.4 Å². The summed E-state index contributed by atoms with van der Waals surface area (Å²) in [5, 5.41) is 16.1. The Bertz CT molecular complexity index is 1090. The van der Waals surface area contributed by atoms with Crippen LogP contribution in [0.3, 0.4) is 0 Å². The molecule has 7 nitrogen and oxygen atoms in total. The summed E-state index contributed by atoms with van der Waals surface area (Å²) in [5.74, 6) is 0.901. The van der Waals surface area contributed by atoms with Crippen LogP contribution >= 0.6 is 0 Å². The van der Waals surface area contributed by atoms with E-state index in [1.807, 2.05) is 42.5 Å². The minimum Gasteiger partial charge on any atom is -0.496 e. The number of rotatable bonds is 5. The van der Waals surface area contributed by atoms with Crippen molar-refractivity contribution >= 4 is 22.8 Å². The SMILES string of the molecule is COc1ccccc1CN1CCN(C(=O)NC(=N)NCc2cccc3ccccc23)CC1. The van der Waals surface area contributed by atoms with Crippen LogP contribution in [-0.4, -0.2) is 55.1 Å². The minimum atomic E-state index is -0.239. The summed E-state index contributed by atoms with van der Waals surface area (Å²) < 4.78 is 5.44. The zero-order valence-corrected chi connectivity index (χ0v) is 18.3. The van der Waals surface area contributed by atoms with E-state index >= 15 is 0 Å². The lowest BCUT2D eigenvalue weighted by molar-refractivity contribution is 0.137. The average Bonchev–Trinajstić information content (AvgIpc) is 2.83. The molecule has 1 heterocycles. The average molecular weight is 432 g/mol. The maximum absolute atomic E-state index is 12.6. The maximum Gasteiger partial charge on any atom is 0.324 e. The Morgan fingerprint density at radius 2 is 1.62 bits per heavy atom. The van der Waals surface area contributed by atoms with Gasteiger partial charge in [0.2, 0.25) is 0 Å². The largest absolute Gasteiger partial charge is 0.496 e. The van der Waals surface area contributed by atoms with Crippen molar-refractivity contribution in [3.05, 3.63) is 77.9 Å². The van der Waals surface area contributed by atoms with Gasteiger partial charge < -0.3 is 15.0 Å². The third-order valence-electron chi connectivity index (χ3n) is 5.81. The van der Waals surface area contributed by atoms with Gasteiger partial charge >= 0.3 is 6.03 Å². The number of nitrogens with one attached hydrogen (secondary N) is 3. The zero-order chi connectivity index (χ0) is 22.3. The fraction of sp³-hybridized carbons (Fsp3) is 0.280. The van der Waals surface area contributed by atoms with E-state index in [0.717, 1.165) is 47.3 Å². The highest BCUT2D eigenvalue weighted by molar-refractivity contribution is 5.95. The Hall–Kier alpha value is -3.58. The van der Waals surface area contributed by atoms with E-state index in [9.17, 15) is 4.79 Å². The molecule has 0 spiro atoms. The number of ether oxygens (including phenoxy) is 1. The molecule has 0 aliphatic carbocycles. The molecule has 0 radical (unpaired) electrons. The number of methoxy groups -OCH3 is 1. The first kappa shape index (κ1) is 21.6. The number of hydrogen-bond donors (Lipinski definition) is 3. The lowest BCUT2D eigenvalue weighted by Crippen LogP contribution is -2.54. The summed E-state index contributed by atoms with van der Waals surface area (Å²) in [6.45, 7) is 4.08. The molecule has 32 heavy (non-hydrogen) atoms. The Morgan fingerprint density at radius 3 is 2.44 bits per heavy atom. The van der Waals surface area contributed by atoms with E-state index < -0.39 is 0 Å². The fourth-order valence-electron chi connectivity index (χ4n) is 4.04. The number of para-hydroxylation sites is 1. The number of carbonyl (C=O) groups excluding carboxylic acids is 1. The highest BCUT2D eigenvalue weighted by atomic mass is 16.5. The summed E-state index contributed by atoms with van der Waals surface area (Å²) in [6, 6.07) is 22.0. The summed E-state index contributed by atoms with van der Waals surface area (Å²) >= 11 is 0. The smallest absolute Gasteiger partial charge is 0.324 e. The van der Waals surface area contributed by atoms with E-state index in [0.29, 0.717) is 19.6 Å². The number of piperazine rings is 1. The number of benzene rings is 3. The van der Waals surface area contributed by atoms with Crippen LogP contribution in [0.2, 0.25) is 0 Å². The number of nitrogens with zero attached hydrogens (tertiary/aromatic N) is 2. The summed E-state index contributed by atoms with van der Waals surface area (Å²) in [4.78, 5) is 16.7. The third-order valence-corrected chi connectivity index (χ3v) is 5.81. The molecule has 0 saturated carbocycles. The van der Waals surface area contributed by atoms with E-state index in [1.54, 1.807) is 12.0 Å². The van der Waals surface area contributed by atoms with Crippen LogP contribution in [0, 0.1) is 5.41 Å². The molecule has 1 aliphatic heterocycles. The molecule has 3 aromatic rings. The fourth-order valence-corrected chi connectivity index (χ4v) is 4.04. The van der Waals surface area contributed by atoms with Gasteiger partial charge in [0.25, 0.3) is 0 Å². The molecule has 0 bridgehead atoms. The van der Waals surface area contributed by atoms with Crippen molar-refractivity contribution < 1.29 is 9.53 Å². The lowest BCUT2D eigenvalue weighted by Gasteiger charge is -2.34. The number of hydrogen-bond acceptors (Lipinski definition) is 4. The predicted octanol–water partition coefficient (Wildman–Crippen LogP) is 3.40. The Labute approximate surface area is 188 Å². The molecule has 166 valence electrons.